The lowest BCUT2D eigenvalue weighted by Crippen LogP contribution is -2.32. The van der Waals surface area contributed by atoms with Crippen LogP contribution in [0.4, 0.5) is 11.4 Å². The number of aryl methyl sites for hydroxylation is 2. The summed E-state index contributed by atoms with van der Waals surface area (Å²) in [6, 6.07) is 13.3. The molecule has 2 aromatic rings. The quantitative estimate of drug-likeness (QED) is 0.592. The SMILES string of the molecule is CCCCC1=CCC(N2c3ccc(C)cc3Oc3cc(C)ccc32)C=C1. The third kappa shape index (κ3) is 3.16. The van der Waals surface area contributed by atoms with Crippen molar-refractivity contribution in [3.8, 4) is 11.5 Å². The van der Waals surface area contributed by atoms with Gasteiger partial charge >= 0.3 is 0 Å². The molecule has 0 saturated heterocycles. The summed E-state index contributed by atoms with van der Waals surface area (Å²) in [7, 11) is 0. The molecular formula is C24H27NO. The van der Waals surface area contributed by atoms with Crippen molar-refractivity contribution in [1.82, 2.24) is 0 Å². The van der Waals surface area contributed by atoms with Gasteiger partial charge in [-0.25, -0.2) is 0 Å². The van der Waals surface area contributed by atoms with Crippen LogP contribution in [-0.2, 0) is 0 Å². The second-order valence-corrected chi connectivity index (χ2v) is 7.46. The Bertz CT molecular complexity index is 826. The Labute approximate surface area is 156 Å². The summed E-state index contributed by atoms with van der Waals surface area (Å²) < 4.78 is 6.25. The van der Waals surface area contributed by atoms with Crippen LogP contribution in [0.5, 0.6) is 11.5 Å². The third-order valence-corrected chi connectivity index (χ3v) is 5.27. The van der Waals surface area contributed by atoms with Gasteiger partial charge < -0.3 is 9.64 Å². The molecule has 0 radical (unpaired) electrons. The fourth-order valence-corrected chi connectivity index (χ4v) is 3.82. The van der Waals surface area contributed by atoms with Crippen LogP contribution in [0.25, 0.3) is 0 Å². The summed E-state index contributed by atoms with van der Waals surface area (Å²) in [6.07, 6.45) is 11.8. The van der Waals surface area contributed by atoms with Crippen molar-refractivity contribution in [2.45, 2.75) is 52.5 Å². The van der Waals surface area contributed by atoms with Gasteiger partial charge in [-0.1, -0.05) is 49.3 Å². The van der Waals surface area contributed by atoms with Gasteiger partial charge in [-0.2, -0.15) is 0 Å². The van der Waals surface area contributed by atoms with Crippen LogP contribution in [-0.4, -0.2) is 6.04 Å². The predicted molar refractivity (Wildman–Crippen MR) is 110 cm³/mol. The molecule has 0 saturated carbocycles. The van der Waals surface area contributed by atoms with E-state index in [0.717, 1.165) is 29.3 Å². The molecule has 1 heterocycles. The molecule has 1 unspecified atom stereocenters. The summed E-state index contributed by atoms with van der Waals surface area (Å²) in [6.45, 7) is 6.48. The van der Waals surface area contributed by atoms with E-state index in [9.17, 15) is 0 Å². The number of fused-ring (bicyclic) bond motifs is 2. The average molecular weight is 345 g/mol. The zero-order valence-electron chi connectivity index (χ0n) is 16.0. The van der Waals surface area contributed by atoms with Crippen molar-refractivity contribution in [2.75, 3.05) is 4.90 Å². The van der Waals surface area contributed by atoms with Gasteiger partial charge in [-0.05, 0) is 68.5 Å². The molecule has 0 N–H and O–H groups in total. The van der Waals surface area contributed by atoms with E-state index in [1.807, 2.05) is 0 Å². The van der Waals surface area contributed by atoms with E-state index in [2.05, 4.69) is 80.3 Å². The van der Waals surface area contributed by atoms with Crippen LogP contribution in [0.1, 0.15) is 43.7 Å². The Morgan fingerprint density at radius 1 is 1.00 bits per heavy atom. The van der Waals surface area contributed by atoms with Crippen molar-refractivity contribution < 1.29 is 4.74 Å². The lowest BCUT2D eigenvalue weighted by atomic mass is 9.96. The van der Waals surface area contributed by atoms with Gasteiger partial charge in [0.15, 0.2) is 11.5 Å². The minimum atomic E-state index is 0.326. The lowest BCUT2D eigenvalue weighted by molar-refractivity contribution is 0.469. The first kappa shape index (κ1) is 17.0. The highest BCUT2D eigenvalue weighted by atomic mass is 16.5. The van der Waals surface area contributed by atoms with E-state index < -0.39 is 0 Å². The highest BCUT2D eigenvalue weighted by Gasteiger charge is 2.29. The second-order valence-electron chi connectivity index (χ2n) is 7.46. The molecule has 0 bridgehead atoms. The number of anilines is 2. The van der Waals surface area contributed by atoms with Gasteiger partial charge in [-0.15, -0.1) is 0 Å². The predicted octanol–water partition coefficient (Wildman–Crippen LogP) is 6.99. The van der Waals surface area contributed by atoms with E-state index in [1.54, 1.807) is 0 Å². The van der Waals surface area contributed by atoms with Crippen molar-refractivity contribution >= 4 is 11.4 Å². The summed E-state index contributed by atoms with van der Waals surface area (Å²) >= 11 is 0. The van der Waals surface area contributed by atoms with E-state index in [1.165, 1.54) is 36.0 Å². The maximum absolute atomic E-state index is 6.25. The first-order chi connectivity index (χ1) is 12.7. The van der Waals surface area contributed by atoms with E-state index in [-0.39, 0.29) is 0 Å². The van der Waals surface area contributed by atoms with Gasteiger partial charge in [0.05, 0.1) is 17.4 Å². The van der Waals surface area contributed by atoms with Crippen LogP contribution >= 0.6 is 0 Å². The molecular weight excluding hydrogens is 318 g/mol. The molecule has 0 spiro atoms. The topological polar surface area (TPSA) is 12.5 Å². The molecule has 134 valence electrons. The van der Waals surface area contributed by atoms with Gasteiger partial charge in [0, 0.05) is 0 Å². The molecule has 2 heteroatoms. The van der Waals surface area contributed by atoms with Crippen LogP contribution < -0.4 is 9.64 Å². The van der Waals surface area contributed by atoms with E-state index in [4.69, 9.17) is 4.74 Å². The van der Waals surface area contributed by atoms with Gasteiger partial charge in [0.2, 0.25) is 0 Å². The maximum Gasteiger partial charge on any atom is 0.151 e. The van der Waals surface area contributed by atoms with E-state index in [0.29, 0.717) is 6.04 Å². The fraction of sp³-hybridized carbons (Fsp3) is 0.333. The first-order valence-electron chi connectivity index (χ1n) is 9.71. The number of rotatable bonds is 4. The Kier molecular flexibility index (Phi) is 4.58. The summed E-state index contributed by atoms with van der Waals surface area (Å²) in [5.74, 6) is 1.91. The minimum absolute atomic E-state index is 0.326. The Balaban J connectivity index is 1.70. The molecule has 1 atom stereocenters. The molecule has 0 aromatic heterocycles. The molecule has 4 rings (SSSR count). The number of unbranched alkanes of at least 4 members (excludes halogenated alkanes) is 1. The molecule has 2 aromatic carbocycles. The first-order valence-corrected chi connectivity index (χ1v) is 9.71. The maximum atomic E-state index is 6.25. The molecule has 0 amide bonds. The highest BCUT2D eigenvalue weighted by molar-refractivity contribution is 5.79. The molecule has 2 nitrogen and oxygen atoms in total. The molecule has 1 aliphatic carbocycles. The lowest BCUT2D eigenvalue weighted by Gasteiger charge is -2.38. The molecule has 0 fully saturated rings. The van der Waals surface area contributed by atoms with Crippen LogP contribution in [0.2, 0.25) is 0 Å². The molecule has 1 aliphatic heterocycles. The van der Waals surface area contributed by atoms with Crippen molar-refractivity contribution in [1.29, 1.82) is 0 Å². The number of allylic oxidation sites excluding steroid dienone is 2. The van der Waals surface area contributed by atoms with Crippen molar-refractivity contribution in [3.05, 3.63) is 71.3 Å². The number of nitrogens with zero attached hydrogens (tertiary/aromatic N) is 1. The average Bonchev–Trinajstić information content (AvgIpc) is 2.64. The van der Waals surface area contributed by atoms with Gasteiger partial charge in [0.1, 0.15) is 0 Å². The number of benzene rings is 2. The zero-order chi connectivity index (χ0) is 18.1. The minimum Gasteiger partial charge on any atom is -0.453 e. The number of ether oxygens (including phenoxy) is 1. The summed E-state index contributed by atoms with van der Waals surface area (Å²) in [5.41, 5.74) is 6.24. The van der Waals surface area contributed by atoms with Crippen LogP contribution in [0, 0.1) is 13.8 Å². The zero-order valence-corrected chi connectivity index (χ0v) is 16.0. The number of hydrogen-bond donors (Lipinski definition) is 0. The van der Waals surface area contributed by atoms with Crippen LogP contribution in [0.3, 0.4) is 0 Å². The monoisotopic (exact) mass is 345 g/mol. The van der Waals surface area contributed by atoms with E-state index >= 15 is 0 Å². The molecule has 26 heavy (non-hydrogen) atoms. The van der Waals surface area contributed by atoms with Gasteiger partial charge in [-0.3, -0.25) is 0 Å². The third-order valence-electron chi connectivity index (χ3n) is 5.27. The van der Waals surface area contributed by atoms with Crippen molar-refractivity contribution in [2.24, 2.45) is 0 Å². The second kappa shape index (κ2) is 7.03. The highest BCUT2D eigenvalue weighted by Crippen LogP contribution is 2.49. The Morgan fingerprint density at radius 2 is 1.65 bits per heavy atom. The fourth-order valence-electron chi connectivity index (χ4n) is 3.82. The Hall–Kier alpha value is -2.48. The number of hydrogen-bond acceptors (Lipinski definition) is 2. The smallest absolute Gasteiger partial charge is 0.151 e. The summed E-state index contributed by atoms with van der Waals surface area (Å²) in [5, 5.41) is 0. The molecule has 2 aliphatic rings. The largest absolute Gasteiger partial charge is 0.453 e. The van der Waals surface area contributed by atoms with Gasteiger partial charge in [0.25, 0.3) is 0 Å². The van der Waals surface area contributed by atoms with Crippen LogP contribution in [0.15, 0.2) is 60.2 Å². The normalized spacial score (nSPS) is 18.0. The standard InChI is InChI=1S/C24H27NO/c1-4-5-6-19-9-11-20(12-10-19)25-21-13-7-17(2)15-23(21)26-24-16-18(3)8-14-22(24)25/h7-11,13-16,20H,4-6,12H2,1-3H3. The summed E-state index contributed by atoms with van der Waals surface area (Å²) in [4.78, 5) is 2.44. The van der Waals surface area contributed by atoms with Crippen molar-refractivity contribution in [3.63, 3.8) is 0 Å². The Morgan fingerprint density at radius 3 is 2.19 bits per heavy atom.